The molecule has 0 atom stereocenters. The third-order valence-corrected chi connectivity index (χ3v) is 7.01. The van der Waals surface area contributed by atoms with E-state index < -0.39 is 27.8 Å². The summed E-state index contributed by atoms with van der Waals surface area (Å²) in [5, 5.41) is 14.8. The predicted octanol–water partition coefficient (Wildman–Crippen LogP) is 5.78. The average Bonchev–Trinajstić information content (AvgIpc) is 3.40. The maximum absolute atomic E-state index is 13.5. The number of nitrogens with one attached hydrogen (secondary N) is 1. The minimum Gasteiger partial charge on any atom is -0.465 e. The number of aromatic nitrogens is 2. The molecule has 4 rings (SSSR count). The number of carboxylic acid groups (broad SMARTS) is 1. The van der Waals surface area contributed by atoms with Crippen LogP contribution in [0, 0.1) is 0 Å². The summed E-state index contributed by atoms with van der Waals surface area (Å²) in [5.41, 5.74) is 0.0487. The lowest BCUT2D eigenvalue weighted by Gasteiger charge is -2.08. The summed E-state index contributed by atoms with van der Waals surface area (Å²) in [6.45, 7) is 0. The Hall–Kier alpha value is -3.64. The quantitative estimate of drug-likeness (QED) is 0.357. The summed E-state index contributed by atoms with van der Waals surface area (Å²) in [5.74, 6) is 0. The molecule has 0 aliphatic rings. The van der Waals surface area contributed by atoms with Gasteiger partial charge in [0.25, 0.3) is 0 Å². The first-order valence-electron chi connectivity index (χ1n) is 9.60. The highest BCUT2D eigenvalue weighted by molar-refractivity contribution is 7.90. The first-order valence-corrected chi connectivity index (χ1v) is 12.3. The molecule has 0 saturated carbocycles. The Labute approximate surface area is 196 Å². The van der Waals surface area contributed by atoms with Crippen molar-refractivity contribution in [2.75, 3.05) is 11.6 Å². The maximum atomic E-state index is 13.5. The van der Waals surface area contributed by atoms with E-state index in [9.17, 15) is 26.4 Å². The van der Waals surface area contributed by atoms with Crippen molar-refractivity contribution in [1.29, 1.82) is 0 Å². The van der Waals surface area contributed by atoms with Crippen LogP contribution >= 0.6 is 11.3 Å². The van der Waals surface area contributed by atoms with Gasteiger partial charge in [-0.3, -0.25) is 5.32 Å². The van der Waals surface area contributed by atoms with Crippen LogP contribution in [-0.4, -0.2) is 35.7 Å². The van der Waals surface area contributed by atoms with Gasteiger partial charge in [0.2, 0.25) is 0 Å². The molecule has 2 N–H and O–H groups in total. The van der Waals surface area contributed by atoms with E-state index in [0.717, 1.165) is 17.0 Å². The Kier molecular flexibility index (Phi) is 5.96. The second-order valence-electron chi connectivity index (χ2n) is 7.27. The Morgan fingerprint density at radius 1 is 1.03 bits per heavy atom. The van der Waals surface area contributed by atoms with Crippen LogP contribution in [0.25, 0.3) is 26.7 Å². The van der Waals surface area contributed by atoms with Gasteiger partial charge in [-0.05, 0) is 54.1 Å². The number of rotatable bonds is 5. The number of halogens is 3. The van der Waals surface area contributed by atoms with Crippen LogP contribution in [0.3, 0.4) is 0 Å². The molecule has 4 aromatic rings. The number of hydrogen-bond acceptors (Lipinski definition) is 5. The van der Waals surface area contributed by atoms with Gasteiger partial charge >= 0.3 is 12.3 Å². The number of amides is 1. The lowest BCUT2D eigenvalue weighted by Crippen LogP contribution is -2.09. The highest BCUT2D eigenvalue weighted by atomic mass is 32.2. The summed E-state index contributed by atoms with van der Waals surface area (Å²) >= 11 is 1.17. The first-order chi connectivity index (χ1) is 15.9. The average molecular weight is 508 g/mol. The lowest BCUT2D eigenvalue weighted by atomic mass is 10.2. The molecular weight excluding hydrogens is 491 g/mol. The lowest BCUT2D eigenvalue weighted by molar-refractivity contribution is -0.141. The highest BCUT2D eigenvalue weighted by Gasteiger charge is 2.35. The molecule has 176 valence electrons. The molecule has 0 saturated heterocycles. The molecule has 2 aromatic heterocycles. The zero-order chi connectivity index (χ0) is 24.7. The molecule has 0 unspecified atom stereocenters. The molecule has 1 amide bonds. The molecule has 0 spiro atoms. The Morgan fingerprint density at radius 2 is 1.74 bits per heavy atom. The number of thiophene rings is 1. The molecule has 0 aliphatic heterocycles. The van der Waals surface area contributed by atoms with Gasteiger partial charge in [0, 0.05) is 16.8 Å². The third kappa shape index (κ3) is 4.97. The van der Waals surface area contributed by atoms with Crippen molar-refractivity contribution in [3.8, 4) is 26.7 Å². The van der Waals surface area contributed by atoms with Gasteiger partial charge < -0.3 is 5.11 Å². The van der Waals surface area contributed by atoms with Gasteiger partial charge in [0.05, 0.1) is 21.2 Å². The van der Waals surface area contributed by atoms with Crippen LogP contribution in [0.5, 0.6) is 0 Å². The van der Waals surface area contributed by atoms with E-state index in [1.807, 2.05) is 0 Å². The molecule has 0 bridgehead atoms. The van der Waals surface area contributed by atoms with Crippen LogP contribution in [0.15, 0.2) is 71.6 Å². The fraction of sp³-hybridized carbons (Fsp3) is 0.0909. The van der Waals surface area contributed by atoms with E-state index in [4.69, 9.17) is 5.11 Å². The molecule has 12 heteroatoms. The Balaban J connectivity index is 1.81. The third-order valence-electron chi connectivity index (χ3n) is 4.75. The second-order valence-corrected chi connectivity index (χ2v) is 10.4. The molecule has 2 heterocycles. The Morgan fingerprint density at radius 3 is 2.41 bits per heavy atom. The van der Waals surface area contributed by atoms with Gasteiger partial charge in [-0.15, -0.1) is 11.3 Å². The number of carbonyl (C=O) groups is 1. The normalized spacial score (nSPS) is 12.0. The number of hydrogen-bond donors (Lipinski definition) is 2. The van der Waals surface area contributed by atoms with Gasteiger partial charge in [-0.1, -0.05) is 18.2 Å². The summed E-state index contributed by atoms with van der Waals surface area (Å²) in [6.07, 6.45) is -4.91. The van der Waals surface area contributed by atoms with Gasteiger partial charge in [0.1, 0.15) is 0 Å². The monoisotopic (exact) mass is 507 g/mol. The largest absolute Gasteiger partial charge is 0.465 e. The summed E-state index contributed by atoms with van der Waals surface area (Å²) in [6, 6.07) is 16.3. The minimum absolute atomic E-state index is 0.132. The zero-order valence-corrected chi connectivity index (χ0v) is 19.0. The summed E-state index contributed by atoms with van der Waals surface area (Å²) < 4.78 is 65.3. The minimum atomic E-state index is -4.69. The molecule has 0 fully saturated rings. The predicted molar refractivity (Wildman–Crippen MR) is 122 cm³/mol. The van der Waals surface area contributed by atoms with Crippen LogP contribution in [0.4, 0.5) is 23.7 Å². The molecule has 34 heavy (non-hydrogen) atoms. The Bertz CT molecular complexity index is 1490. The number of sulfone groups is 1. The SMILES string of the molecule is CS(=O)(=O)c1cccc(-c2ccc(-c3cc(C(F)(F)F)nn3-c3cccc(NC(=O)O)c3)s2)c1. The summed E-state index contributed by atoms with van der Waals surface area (Å²) in [7, 11) is -3.43. The van der Waals surface area contributed by atoms with Gasteiger partial charge in [0.15, 0.2) is 15.5 Å². The van der Waals surface area contributed by atoms with Crippen molar-refractivity contribution in [3.63, 3.8) is 0 Å². The number of benzene rings is 2. The van der Waals surface area contributed by atoms with Crippen LogP contribution < -0.4 is 5.32 Å². The van der Waals surface area contributed by atoms with Crippen molar-refractivity contribution in [1.82, 2.24) is 9.78 Å². The van der Waals surface area contributed by atoms with Crippen molar-refractivity contribution in [2.45, 2.75) is 11.1 Å². The molecular formula is C22H16F3N3O4S2. The van der Waals surface area contributed by atoms with Crippen molar-refractivity contribution in [2.24, 2.45) is 0 Å². The maximum Gasteiger partial charge on any atom is 0.435 e. The van der Waals surface area contributed by atoms with E-state index in [-0.39, 0.29) is 22.0 Å². The second kappa shape index (κ2) is 8.61. The van der Waals surface area contributed by atoms with Crippen molar-refractivity contribution in [3.05, 3.63) is 72.4 Å². The van der Waals surface area contributed by atoms with Crippen molar-refractivity contribution >= 4 is 33.0 Å². The van der Waals surface area contributed by atoms with Crippen LogP contribution in [0.2, 0.25) is 0 Å². The van der Waals surface area contributed by atoms with Gasteiger partial charge in [-0.25, -0.2) is 17.9 Å². The van der Waals surface area contributed by atoms with E-state index in [0.29, 0.717) is 15.3 Å². The molecule has 0 aliphatic carbocycles. The van der Waals surface area contributed by atoms with E-state index in [2.05, 4.69) is 10.4 Å². The fourth-order valence-corrected chi connectivity index (χ4v) is 4.91. The number of nitrogens with zero attached hydrogens (tertiary/aromatic N) is 2. The van der Waals surface area contributed by atoms with Gasteiger partial charge in [-0.2, -0.15) is 18.3 Å². The molecule has 2 aromatic carbocycles. The first kappa shape index (κ1) is 23.5. The number of anilines is 1. The molecule has 7 nitrogen and oxygen atoms in total. The summed E-state index contributed by atoms with van der Waals surface area (Å²) in [4.78, 5) is 12.2. The standard InChI is InChI=1S/C22H16F3N3O4S2/c1-34(31,32)16-7-2-4-13(10-16)18-8-9-19(33-18)17-12-20(22(23,24)25)27-28(17)15-6-3-5-14(11-15)26-21(29)30/h2-12,26H,1H3,(H,29,30). The highest BCUT2D eigenvalue weighted by Crippen LogP contribution is 2.39. The van der Waals surface area contributed by atoms with Crippen LogP contribution in [0.1, 0.15) is 5.69 Å². The number of alkyl halides is 3. The van der Waals surface area contributed by atoms with Crippen molar-refractivity contribution < 1.29 is 31.5 Å². The van der Waals surface area contributed by atoms with E-state index in [1.165, 1.54) is 47.7 Å². The van der Waals surface area contributed by atoms with Crippen LogP contribution in [-0.2, 0) is 16.0 Å². The van der Waals surface area contributed by atoms with E-state index >= 15 is 0 Å². The zero-order valence-electron chi connectivity index (χ0n) is 17.4. The fourth-order valence-electron chi connectivity index (χ4n) is 3.24. The molecule has 0 radical (unpaired) electrons. The van der Waals surface area contributed by atoms with E-state index in [1.54, 1.807) is 24.3 Å². The smallest absolute Gasteiger partial charge is 0.435 e. The topological polar surface area (TPSA) is 101 Å².